The van der Waals surface area contributed by atoms with Crippen molar-refractivity contribution in [1.29, 1.82) is 0 Å². The normalized spacial score (nSPS) is 11.2. The van der Waals surface area contributed by atoms with Crippen molar-refractivity contribution >= 4 is 34.8 Å². The van der Waals surface area contributed by atoms with Crippen LogP contribution in [-0.4, -0.2) is 29.6 Å². The maximum absolute atomic E-state index is 12.3. The van der Waals surface area contributed by atoms with Gasteiger partial charge in [0.15, 0.2) is 5.11 Å². The van der Waals surface area contributed by atoms with Gasteiger partial charge in [-0.1, -0.05) is 13.0 Å². The van der Waals surface area contributed by atoms with Gasteiger partial charge < -0.3 is 15.4 Å². The minimum Gasteiger partial charge on any atom is -0.494 e. The van der Waals surface area contributed by atoms with Crippen LogP contribution < -0.4 is 20.7 Å². The molecule has 1 atom stereocenters. The van der Waals surface area contributed by atoms with Crippen LogP contribution in [0.3, 0.4) is 0 Å². The molecule has 0 aliphatic carbocycles. The van der Waals surface area contributed by atoms with Gasteiger partial charge in [-0.25, -0.2) is 0 Å². The highest BCUT2D eigenvalue weighted by Crippen LogP contribution is 2.14. The smallest absolute Gasteiger partial charge is 0.257 e. The lowest BCUT2D eigenvalue weighted by Crippen LogP contribution is -2.34. The molecule has 0 bridgehead atoms. The predicted octanol–water partition coefficient (Wildman–Crippen LogP) is 3.74. The van der Waals surface area contributed by atoms with Crippen molar-refractivity contribution in [2.45, 2.75) is 33.2 Å². The van der Waals surface area contributed by atoms with Crippen LogP contribution in [0.2, 0.25) is 0 Å². The average molecular weight is 400 g/mol. The molecule has 3 N–H and O–H groups in total. The molecule has 2 aromatic rings. The van der Waals surface area contributed by atoms with Gasteiger partial charge in [-0.3, -0.25) is 14.9 Å². The number of hydrogen-bond acceptors (Lipinski definition) is 4. The second-order valence-corrected chi connectivity index (χ2v) is 6.64. The van der Waals surface area contributed by atoms with Crippen LogP contribution >= 0.6 is 12.2 Å². The standard InChI is InChI=1S/C21H25N3O3S/c1-4-14(3)22-19(25)15-9-11-17(12-10-15)23-21(28)24-20(26)16-7-6-8-18(13-16)27-5-2/h6-14H,4-5H2,1-3H3,(H,22,25)(H2,23,24,26,28). The molecule has 28 heavy (non-hydrogen) atoms. The zero-order valence-electron chi connectivity index (χ0n) is 16.2. The Morgan fingerprint density at radius 2 is 1.75 bits per heavy atom. The van der Waals surface area contributed by atoms with Gasteiger partial charge in [0.05, 0.1) is 6.61 Å². The molecule has 7 heteroatoms. The van der Waals surface area contributed by atoms with Gasteiger partial charge in [0.1, 0.15) is 5.75 Å². The van der Waals surface area contributed by atoms with Crippen molar-refractivity contribution in [1.82, 2.24) is 10.6 Å². The molecule has 0 spiro atoms. The Kier molecular flexibility index (Phi) is 7.95. The summed E-state index contributed by atoms with van der Waals surface area (Å²) in [5.41, 5.74) is 1.69. The lowest BCUT2D eigenvalue weighted by atomic mass is 10.1. The molecule has 2 amide bonds. The minimum absolute atomic E-state index is 0.119. The fourth-order valence-electron chi connectivity index (χ4n) is 2.35. The van der Waals surface area contributed by atoms with Crippen LogP contribution in [0.1, 0.15) is 47.9 Å². The number of carbonyl (C=O) groups excluding carboxylic acids is 2. The fourth-order valence-corrected chi connectivity index (χ4v) is 2.56. The van der Waals surface area contributed by atoms with E-state index in [-0.39, 0.29) is 23.0 Å². The molecule has 0 saturated heterocycles. The van der Waals surface area contributed by atoms with E-state index >= 15 is 0 Å². The summed E-state index contributed by atoms with van der Waals surface area (Å²) in [4.78, 5) is 24.4. The van der Waals surface area contributed by atoms with Crippen molar-refractivity contribution in [3.8, 4) is 5.75 Å². The quantitative estimate of drug-likeness (QED) is 0.618. The molecule has 6 nitrogen and oxygen atoms in total. The first-order valence-corrected chi connectivity index (χ1v) is 9.59. The summed E-state index contributed by atoms with van der Waals surface area (Å²) < 4.78 is 5.40. The van der Waals surface area contributed by atoms with Gasteiger partial charge in [-0.2, -0.15) is 0 Å². The van der Waals surface area contributed by atoms with Crippen LogP contribution in [0.15, 0.2) is 48.5 Å². The second-order valence-electron chi connectivity index (χ2n) is 6.23. The number of thiocarbonyl (C=S) groups is 1. The van der Waals surface area contributed by atoms with Gasteiger partial charge in [0.25, 0.3) is 11.8 Å². The number of anilines is 1. The Morgan fingerprint density at radius 3 is 2.39 bits per heavy atom. The third-order valence-electron chi connectivity index (χ3n) is 4.03. The largest absolute Gasteiger partial charge is 0.494 e. The summed E-state index contributed by atoms with van der Waals surface area (Å²) in [6, 6.07) is 13.9. The first kappa shape index (κ1) is 21.4. The number of rotatable bonds is 7. The summed E-state index contributed by atoms with van der Waals surface area (Å²) in [7, 11) is 0. The Hall–Kier alpha value is -2.93. The molecule has 1 unspecified atom stereocenters. The number of nitrogens with one attached hydrogen (secondary N) is 3. The highest BCUT2D eigenvalue weighted by molar-refractivity contribution is 7.80. The first-order valence-electron chi connectivity index (χ1n) is 9.19. The van der Waals surface area contributed by atoms with E-state index in [2.05, 4.69) is 16.0 Å². The Morgan fingerprint density at radius 1 is 1.04 bits per heavy atom. The molecule has 0 heterocycles. The average Bonchev–Trinajstić information content (AvgIpc) is 2.68. The lowest BCUT2D eigenvalue weighted by Gasteiger charge is -2.13. The lowest BCUT2D eigenvalue weighted by molar-refractivity contribution is 0.0937. The van der Waals surface area contributed by atoms with Crippen LogP contribution in [0.25, 0.3) is 0 Å². The first-order chi connectivity index (χ1) is 13.4. The SMILES string of the molecule is CCOc1cccc(C(=O)NC(=S)Nc2ccc(C(=O)NC(C)CC)cc2)c1. The summed E-state index contributed by atoms with van der Waals surface area (Å²) in [5.74, 6) is 0.176. The molecule has 2 aromatic carbocycles. The topological polar surface area (TPSA) is 79.5 Å². The molecule has 0 radical (unpaired) electrons. The Balaban J connectivity index is 1.93. The fraction of sp³-hybridized carbons (Fsp3) is 0.286. The van der Waals surface area contributed by atoms with E-state index < -0.39 is 0 Å². The second kappa shape index (κ2) is 10.4. The van der Waals surface area contributed by atoms with Crippen LogP contribution in [-0.2, 0) is 0 Å². The summed E-state index contributed by atoms with van der Waals surface area (Å²) in [6.45, 7) is 6.38. The molecular formula is C21H25N3O3S. The van der Waals surface area contributed by atoms with Crippen molar-refractivity contribution in [2.75, 3.05) is 11.9 Å². The van der Waals surface area contributed by atoms with Crippen molar-refractivity contribution < 1.29 is 14.3 Å². The van der Waals surface area contributed by atoms with Crippen molar-refractivity contribution in [3.05, 3.63) is 59.7 Å². The van der Waals surface area contributed by atoms with E-state index in [4.69, 9.17) is 17.0 Å². The van der Waals surface area contributed by atoms with Crippen LogP contribution in [0.5, 0.6) is 5.75 Å². The van der Waals surface area contributed by atoms with Crippen molar-refractivity contribution in [3.63, 3.8) is 0 Å². The third kappa shape index (κ3) is 6.35. The maximum Gasteiger partial charge on any atom is 0.257 e. The highest BCUT2D eigenvalue weighted by atomic mass is 32.1. The highest BCUT2D eigenvalue weighted by Gasteiger charge is 2.11. The molecule has 0 saturated carbocycles. The Bertz CT molecular complexity index is 837. The molecule has 148 valence electrons. The minimum atomic E-state index is -0.330. The zero-order chi connectivity index (χ0) is 20.5. The number of amides is 2. The van der Waals surface area contributed by atoms with E-state index in [1.54, 1.807) is 48.5 Å². The summed E-state index contributed by atoms with van der Waals surface area (Å²) in [5, 5.41) is 8.65. The van der Waals surface area contributed by atoms with E-state index in [0.717, 1.165) is 6.42 Å². The maximum atomic E-state index is 12.3. The molecule has 0 aromatic heterocycles. The number of hydrogen-bond donors (Lipinski definition) is 3. The van der Waals surface area contributed by atoms with Crippen molar-refractivity contribution in [2.24, 2.45) is 0 Å². The van der Waals surface area contributed by atoms with Crippen LogP contribution in [0.4, 0.5) is 5.69 Å². The van der Waals surface area contributed by atoms with Crippen LogP contribution in [0, 0.1) is 0 Å². The molecule has 2 rings (SSSR count). The van der Waals surface area contributed by atoms with Gasteiger partial charge in [0, 0.05) is 22.9 Å². The molecule has 0 aliphatic rings. The van der Waals surface area contributed by atoms with E-state index in [0.29, 0.717) is 29.2 Å². The monoisotopic (exact) mass is 399 g/mol. The predicted molar refractivity (Wildman–Crippen MR) is 115 cm³/mol. The Labute approximate surface area is 170 Å². The van der Waals surface area contributed by atoms with E-state index in [1.165, 1.54) is 0 Å². The zero-order valence-corrected chi connectivity index (χ0v) is 17.1. The number of carbonyl (C=O) groups is 2. The number of ether oxygens (including phenoxy) is 1. The number of benzene rings is 2. The third-order valence-corrected chi connectivity index (χ3v) is 4.23. The van der Waals surface area contributed by atoms with Gasteiger partial charge in [-0.15, -0.1) is 0 Å². The molecule has 0 fully saturated rings. The molecular weight excluding hydrogens is 374 g/mol. The van der Waals surface area contributed by atoms with E-state index in [9.17, 15) is 9.59 Å². The summed E-state index contributed by atoms with van der Waals surface area (Å²) >= 11 is 5.20. The van der Waals surface area contributed by atoms with Gasteiger partial charge in [-0.05, 0) is 75.0 Å². The van der Waals surface area contributed by atoms with E-state index in [1.807, 2.05) is 20.8 Å². The van der Waals surface area contributed by atoms with Gasteiger partial charge in [0.2, 0.25) is 0 Å². The van der Waals surface area contributed by atoms with Gasteiger partial charge >= 0.3 is 0 Å². The molecule has 0 aliphatic heterocycles. The summed E-state index contributed by atoms with van der Waals surface area (Å²) in [6.07, 6.45) is 0.868.